The van der Waals surface area contributed by atoms with E-state index in [-0.39, 0.29) is 12.4 Å². The van der Waals surface area contributed by atoms with E-state index in [1.54, 1.807) is 6.07 Å². The highest BCUT2D eigenvalue weighted by Gasteiger charge is 2.10. The van der Waals surface area contributed by atoms with Crippen molar-refractivity contribution in [2.75, 3.05) is 0 Å². The summed E-state index contributed by atoms with van der Waals surface area (Å²) < 4.78 is 10.9. The molecule has 0 amide bonds. The summed E-state index contributed by atoms with van der Waals surface area (Å²) in [5.74, 6) is 0.167. The Morgan fingerprint density at radius 1 is 1.21 bits per heavy atom. The lowest BCUT2D eigenvalue weighted by molar-refractivity contribution is 0.0658. The first-order valence-electron chi connectivity index (χ1n) is 6.00. The van der Waals surface area contributed by atoms with E-state index >= 15 is 0 Å². The molecule has 0 aliphatic carbocycles. The van der Waals surface area contributed by atoms with Gasteiger partial charge in [-0.15, -0.1) is 0 Å². The number of benzene rings is 1. The van der Waals surface area contributed by atoms with Gasteiger partial charge >= 0.3 is 5.97 Å². The summed E-state index contributed by atoms with van der Waals surface area (Å²) in [7, 11) is 0. The summed E-state index contributed by atoms with van der Waals surface area (Å²) in [6.07, 6.45) is 0. The molecule has 19 heavy (non-hydrogen) atoms. The van der Waals surface area contributed by atoms with E-state index in [4.69, 9.17) is 14.3 Å². The molecule has 0 radical (unpaired) electrons. The summed E-state index contributed by atoms with van der Waals surface area (Å²) in [5.41, 5.74) is 3.30. The number of aryl methyl sites for hydroxylation is 3. The Morgan fingerprint density at radius 2 is 1.84 bits per heavy atom. The van der Waals surface area contributed by atoms with E-state index in [0.29, 0.717) is 5.76 Å². The van der Waals surface area contributed by atoms with Crippen molar-refractivity contribution in [3.8, 4) is 5.75 Å². The predicted molar refractivity (Wildman–Crippen MR) is 70.7 cm³/mol. The van der Waals surface area contributed by atoms with Crippen molar-refractivity contribution in [2.45, 2.75) is 27.4 Å². The molecule has 4 nitrogen and oxygen atoms in total. The third kappa shape index (κ3) is 2.96. The van der Waals surface area contributed by atoms with Gasteiger partial charge in [0.2, 0.25) is 5.76 Å². The molecule has 100 valence electrons. The summed E-state index contributed by atoms with van der Waals surface area (Å²) in [4.78, 5) is 10.7. The fourth-order valence-corrected chi connectivity index (χ4v) is 2.11. The molecule has 2 aromatic rings. The number of ether oxygens (including phenoxy) is 1. The standard InChI is InChI=1S/C15H16O4/c1-9-6-10(2)14(11(3)7-9)18-8-12-4-5-13(19-12)15(16)17/h4-7H,8H2,1-3H3,(H,16,17). The highest BCUT2D eigenvalue weighted by molar-refractivity contribution is 5.84. The number of hydrogen-bond acceptors (Lipinski definition) is 3. The third-order valence-electron chi connectivity index (χ3n) is 2.84. The number of furan rings is 1. The SMILES string of the molecule is Cc1cc(C)c(OCc2ccc(C(=O)O)o2)c(C)c1. The smallest absolute Gasteiger partial charge is 0.371 e. The zero-order valence-electron chi connectivity index (χ0n) is 11.2. The van der Waals surface area contributed by atoms with Gasteiger partial charge in [0, 0.05) is 0 Å². The molecule has 0 fully saturated rings. The molecular weight excluding hydrogens is 244 g/mol. The van der Waals surface area contributed by atoms with Crippen LogP contribution in [0.3, 0.4) is 0 Å². The lowest BCUT2D eigenvalue weighted by Crippen LogP contribution is -1.99. The van der Waals surface area contributed by atoms with Crippen LogP contribution in [0.1, 0.15) is 33.0 Å². The summed E-state index contributed by atoms with van der Waals surface area (Å²) in [6, 6.07) is 7.14. The van der Waals surface area contributed by atoms with Gasteiger partial charge in [-0.25, -0.2) is 4.79 Å². The van der Waals surface area contributed by atoms with Crippen LogP contribution in [0, 0.1) is 20.8 Å². The van der Waals surface area contributed by atoms with E-state index in [2.05, 4.69) is 0 Å². The molecule has 0 bridgehead atoms. The Bertz CT molecular complexity index is 587. The molecule has 0 aliphatic heterocycles. The van der Waals surface area contributed by atoms with Crippen molar-refractivity contribution >= 4 is 5.97 Å². The molecule has 1 aromatic heterocycles. The number of rotatable bonds is 4. The van der Waals surface area contributed by atoms with Crippen LogP contribution >= 0.6 is 0 Å². The van der Waals surface area contributed by atoms with Crippen LogP contribution in [0.2, 0.25) is 0 Å². The molecule has 0 saturated carbocycles. The Hall–Kier alpha value is -2.23. The number of carboxylic acid groups (broad SMARTS) is 1. The maximum Gasteiger partial charge on any atom is 0.371 e. The van der Waals surface area contributed by atoms with Gasteiger partial charge in [0.15, 0.2) is 0 Å². The van der Waals surface area contributed by atoms with Crippen LogP contribution in [-0.2, 0) is 6.61 Å². The Balaban J connectivity index is 2.12. The second kappa shape index (κ2) is 5.18. The second-order valence-electron chi connectivity index (χ2n) is 4.59. The zero-order chi connectivity index (χ0) is 14.0. The Morgan fingerprint density at radius 3 is 2.37 bits per heavy atom. The van der Waals surface area contributed by atoms with Gasteiger partial charge < -0.3 is 14.3 Å². The topological polar surface area (TPSA) is 59.7 Å². The van der Waals surface area contributed by atoms with Gasteiger partial charge in [0.25, 0.3) is 0 Å². The molecule has 0 unspecified atom stereocenters. The normalized spacial score (nSPS) is 10.5. The summed E-state index contributed by atoms with van der Waals surface area (Å²) in [6.45, 7) is 6.23. The summed E-state index contributed by atoms with van der Waals surface area (Å²) >= 11 is 0. The third-order valence-corrected chi connectivity index (χ3v) is 2.84. The van der Waals surface area contributed by atoms with Crippen molar-refractivity contribution in [3.63, 3.8) is 0 Å². The predicted octanol–water partition coefficient (Wildman–Crippen LogP) is 3.48. The maximum atomic E-state index is 10.7. The van der Waals surface area contributed by atoms with Crippen LogP contribution in [0.5, 0.6) is 5.75 Å². The second-order valence-corrected chi connectivity index (χ2v) is 4.59. The molecule has 0 saturated heterocycles. The molecule has 0 atom stereocenters. The average Bonchev–Trinajstić information content (AvgIpc) is 2.76. The van der Waals surface area contributed by atoms with Crippen molar-refractivity contribution in [2.24, 2.45) is 0 Å². The van der Waals surface area contributed by atoms with E-state index in [0.717, 1.165) is 16.9 Å². The quantitative estimate of drug-likeness (QED) is 0.914. The van der Waals surface area contributed by atoms with Crippen molar-refractivity contribution in [1.29, 1.82) is 0 Å². The molecule has 1 N–H and O–H groups in total. The van der Waals surface area contributed by atoms with Gasteiger partial charge in [-0.05, 0) is 44.0 Å². The van der Waals surface area contributed by atoms with Crippen molar-refractivity contribution < 1.29 is 19.1 Å². The van der Waals surface area contributed by atoms with Gasteiger partial charge in [-0.1, -0.05) is 17.7 Å². The highest BCUT2D eigenvalue weighted by atomic mass is 16.5. The molecule has 1 aromatic carbocycles. The number of carbonyl (C=O) groups is 1. The fourth-order valence-electron chi connectivity index (χ4n) is 2.11. The number of hydrogen-bond donors (Lipinski definition) is 1. The van der Waals surface area contributed by atoms with E-state index in [1.807, 2.05) is 32.9 Å². The first-order valence-corrected chi connectivity index (χ1v) is 6.00. The molecular formula is C15H16O4. The average molecular weight is 260 g/mol. The zero-order valence-corrected chi connectivity index (χ0v) is 11.2. The Kier molecular flexibility index (Phi) is 3.60. The first-order chi connectivity index (χ1) is 8.97. The van der Waals surface area contributed by atoms with Gasteiger partial charge in [-0.3, -0.25) is 0 Å². The molecule has 2 rings (SSSR count). The van der Waals surface area contributed by atoms with E-state index in [9.17, 15) is 4.79 Å². The van der Waals surface area contributed by atoms with Crippen molar-refractivity contribution in [3.05, 3.63) is 52.5 Å². The van der Waals surface area contributed by atoms with Crippen LogP contribution in [0.4, 0.5) is 0 Å². The largest absolute Gasteiger partial charge is 0.485 e. The van der Waals surface area contributed by atoms with Crippen LogP contribution in [0.15, 0.2) is 28.7 Å². The number of aromatic carboxylic acids is 1. The lowest BCUT2D eigenvalue weighted by atomic mass is 10.1. The number of carboxylic acids is 1. The van der Waals surface area contributed by atoms with Crippen LogP contribution in [0.25, 0.3) is 0 Å². The maximum absolute atomic E-state index is 10.7. The van der Waals surface area contributed by atoms with Crippen LogP contribution in [-0.4, -0.2) is 11.1 Å². The minimum Gasteiger partial charge on any atom is -0.485 e. The summed E-state index contributed by atoms with van der Waals surface area (Å²) in [5, 5.41) is 8.77. The van der Waals surface area contributed by atoms with E-state index < -0.39 is 5.97 Å². The van der Waals surface area contributed by atoms with E-state index in [1.165, 1.54) is 11.6 Å². The minimum absolute atomic E-state index is 0.0732. The minimum atomic E-state index is -1.08. The van der Waals surface area contributed by atoms with Gasteiger partial charge in [0.1, 0.15) is 18.1 Å². The molecule has 1 heterocycles. The van der Waals surface area contributed by atoms with Crippen molar-refractivity contribution in [1.82, 2.24) is 0 Å². The highest BCUT2D eigenvalue weighted by Crippen LogP contribution is 2.25. The fraction of sp³-hybridized carbons (Fsp3) is 0.267. The molecule has 0 aliphatic rings. The molecule has 4 heteroatoms. The monoisotopic (exact) mass is 260 g/mol. The van der Waals surface area contributed by atoms with Crippen LogP contribution < -0.4 is 4.74 Å². The van der Waals surface area contributed by atoms with Gasteiger partial charge in [-0.2, -0.15) is 0 Å². The van der Waals surface area contributed by atoms with Gasteiger partial charge in [0.05, 0.1) is 0 Å². The molecule has 0 spiro atoms. The lowest BCUT2D eigenvalue weighted by Gasteiger charge is -2.12. The first kappa shape index (κ1) is 13.2. The Labute approximate surface area is 111 Å².